The standard InChI is InChI=1S/C23H22N6O2/c1-15-6-2-3-7-17(15)19(28-23(24)31)12-22(30)27-16-10-11-21(25-13-16)29-14-26-18-8-4-5-9-20(18)29/h2-11,13-14,19H,12H2,1H3,(H,27,30)(H3,24,28,31). The minimum atomic E-state index is -0.681. The van der Waals surface area contributed by atoms with Gasteiger partial charge in [-0.25, -0.2) is 14.8 Å². The summed E-state index contributed by atoms with van der Waals surface area (Å²) in [5.74, 6) is 0.435. The van der Waals surface area contributed by atoms with Crippen molar-refractivity contribution >= 4 is 28.7 Å². The van der Waals surface area contributed by atoms with E-state index in [2.05, 4.69) is 20.6 Å². The Labute approximate surface area is 179 Å². The lowest BCUT2D eigenvalue weighted by molar-refractivity contribution is -0.116. The number of amides is 3. The molecule has 0 aliphatic carbocycles. The van der Waals surface area contributed by atoms with Crippen molar-refractivity contribution in [3.63, 3.8) is 0 Å². The van der Waals surface area contributed by atoms with Gasteiger partial charge in [-0.05, 0) is 42.3 Å². The predicted octanol–water partition coefficient (Wildman–Crippen LogP) is 3.47. The molecule has 2 heterocycles. The van der Waals surface area contributed by atoms with E-state index in [1.54, 1.807) is 18.6 Å². The molecule has 8 heteroatoms. The van der Waals surface area contributed by atoms with E-state index in [4.69, 9.17) is 5.73 Å². The number of carbonyl (C=O) groups is 2. The molecule has 0 bridgehead atoms. The predicted molar refractivity (Wildman–Crippen MR) is 119 cm³/mol. The number of para-hydroxylation sites is 2. The van der Waals surface area contributed by atoms with Gasteiger partial charge in [0.05, 0.1) is 35.4 Å². The number of aromatic nitrogens is 3. The van der Waals surface area contributed by atoms with E-state index in [-0.39, 0.29) is 12.3 Å². The number of hydrogen-bond acceptors (Lipinski definition) is 4. The van der Waals surface area contributed by atoms with Crippen LogP contribution in [0.3, 0.4) is 0 Å². The van der Waals surface area contributed by atoms with Crippen molar-refractivity contribution in [1.82, 2.24) is 19.9 Å². The molecule has 4 rings (SSSR count). The number of primary amides is 1. The van der Waals surface area contributed by atoms with Crippen LogP contribution in [0, 0.1) is 6.92 Å². The van der Waals surface area contributed by atoms with Gasteiger partial charge in [0.15, 0.2) is 0 Å². The summed E-state index contributed by atoms with van der Waals surface area (Å²) in [7, 11) is 0. The van der Waals surface area contributed by atoms with Crippen LogP contribution < -0.4 is 16.4 Å². The van der Waals surface area contributed by atoms with Crippen molar-refractivity contribution in [2.45, 2.75) is 19.4 Å². The lowest BCUT2D eigenvalue weighted by Crippen LogP contribution is -2.35. The molecule has 4 aromatic rings. The maximum Gasteiger partial charge on any atom is 0.312 e. The normalized spacial score (nSPS) is 11.8. The number of nitrogens with one attached hydrogen (secondary N) is 2. The Morgan fingerprint density at radius 2 is 1.81 bits per heavy atom. The Bertz CT molecular complexity index is 1230. The molecule has 31 heavy (non-hydrogen) atoms. The van der Waals surface area contributed by atoms with Crippen LogP contribution in [0.4, 0.5) is 10.5 Å². The van der Waals surface area contributed by atoms with Gasteiger partial charge in [0.1, 0.15) is 12.1 Å². The third kappa shape index (κ3) is 4.53. The second-order valence-corrected chi connectivity index (χ2v) is 7.18. The van der Waals surface area contributed by atoms with Crippen molar-refractivity contribution in [2.75, 3.05) is 5.32 Å². The highest BCUT2D eigenvalue weighted by Crippen LogP contribution is 2.22. The second-order valence-electron chi connectivity index (χ2n) is 7.18. The van der Waals surface area contributed by atoms with Crippen LogP contribution in [0.1, 0.15) is 23.6 Å². The number of imidazole rings is 1. The molecule has 0 saturated carbocycles. The summed E-state index contributed by atoms with van der Waals surface area (Å²) < 4.78 is 1.88. The maximum atomic E-state index is 12.6. The number of pyridine rings is 1. The molecular formula is C23H22N6O2. The van der Waals surface area contributed by atoms with Gasteiger partial charge in [0, 0.05) is 0 Å². The molecule has 0 aliphatic rings. The van der Waals surface area contributed by atoms with E-state index in [0.29, 0.717) is 11.5 Å². The fourth-order valence-electron chi connectivity index (χ4n) is 3.53. The smallest absolute Gasteiger partial charge is 0.312 e. The first-order valence-electron chi connectivity index (χ1n) is 9.81. The zero-order valence-corrected chi connectivity index (χ0v) is 16.9. The summed E-state index contributed by atoms with van der Waals surface area (Å²) in [6, 6.07) is 17.7. The zero-order valence-electron chi connectivity index (χ0n) is 16.9. The first-order valence-corrected chi connectivity index (χ1v) is 9.81. The number of benzene rings is 2. The number of hydrogen-bond donors (Lipinski definition) is 3. The monoisotopic (exact) mass is 414 g/mol. The third-order valence-electron chi connectivity index (χ3n) is 5.00. The number of nitrogens with two attached hydrogens (primary N) is 1. The van der Waals surface area contributed by atoms with Crippen molar-refractivity contribution in [2.24, 2.45) is 5.73 Å². The average Bonchev–Trinajstić information content (AvgIpc) is 3.18. The van der Waals surface area contributed by atoms with E-state index in [9.17, 15) is 9.59 Å². The van der Waals surface area contributed by atoms with Gasteiger partial charge >= 0.3 is 6.03 Å². The average molecular weight is 414 g/mol. The highest BCUT2D eigenvalue weighted by molar-refractivity contribution is 5.91. The molecule has 0 spiro atoms. The van der Waals surface area contributed by atoms with Crippen LogP contribution in [0.25, 0.3) is 16.9 Å². The summed E-state index contributed by atoms with van der Waals surface area (Å²) in [5.41, 5.74) is 9.51. The number of rotatable bonds is 6. The van der Waals surface area contributed by atoms with Gasteiger partial charge in [0.25, 0.3) is 0 Å². The quantitative estimate of drug-likeness (QED) is 0.448. The first-order chi connectivity index (χ1) is 15.0. The summed E-state index contributed by atoms with van der Waals surface area (Å²) in [6.45, 7) is 1.92. The maximum absolute atomic E-state index is 12.6. The van der Waals surface area contributed by atoms with Crippen LogP contribution in [0.2, 0.25) is 0 Å². The third-order valence-corrected chi connectivity index (χ3v) is 5.00. The fraction of sp³-hybridized carbons (Fsp3) is 0.130. The van der Waals surface area contributed by atoms with Crippen LogP contribution in [-0.4, -0.2) is 26.5 Å². The highest BCUT2D eigenvalue weighted by atomic mass is 16.2. The molecule has 2 aromatic carbocycles. The van der Waals surface area contributed by atoms with Gasteiger partial charge in [-0.15, -0.1) is 0 Å². The number of urea groups is 1. The van der Waals surface area contributed by atoms with Gasteiger partial charge in [-0.3, -0.25) is 9.36 Å². The Morgan fingerprint density at radius 1 is 1.03 bits per heavy atom. The van der Waals surface area contributed by atoms with Crippen LogP contribution in [0.5, 0.6) is 0 Å². The topological polar surface area (TPSA) is 115 Å². The summed E-state index contributed by atoms with van der Waals surface area (Å²) in [4.78, 5) is 32.9. The Balaban J connectivity index is 1.47. The highest BCUT2D eigenvalue weighted by Gasteiger charge is 2.19. The van der Waals surface area contributed by atoms with E-state index in [1.807, 2.05) is 66.1 Å². The van der Waals surface area contributed by atoms with Gasteiger partial charge < -0.3 is 16.4 Å². The summed E-state index contributed by atoms with van der Waals surface area (Å²) in [5, 5.41) is 5.48. The Morgan fingerprint density at radius 3 is 2.55 bits per heavy atom. The van der Waals surface area contributed by atoms with Gasteiger partial charge in [-0.2, -0.15) is 0 Å². The molecule has 156 valence electrons. The molecule has 0 saturated heterocycles. The van der Waals surface area contributed by atoms with Gasteiger partial charge in [-0.1, -0.05) is 36.4 Å². The SMILES string of the molecule is Cc1ccccc1C(CC(=O)Nc1ccc(-n2cnc3ccccc32)nc1)NC(N)=O. The molecule has 0 fully saturated rings. The van der Waals surface area contributed by atoms with Crippen molar-refractivity contribution in [1.29, 1.82) is 0 Å². The molecule has 2 aromatic heterocycles. The minimum Gasteiger partial charge on any atom is -0.352 e. The van der Waals surface area contributed by atoms with E-state index < -0.39 is 12.1 Å². The summed E-state index contributed by atoms with van der Waals surface area (Å²) in [6.07, 6.45) is 3.35. The zero-order chi connectivity index (χ0) is 21.8. The van der Waals surface area contributed by atoms with Crippen molar-refractivity contribution in [3.05, 3.63) is 84.3 Å². The molecule has 1 unspecified atom stereocenters. The molecule has 0 aliphatic heterocycles. The van der Waals surface area contributed by atoms with Crippen LogP contribution in [-0.2, 0) is 4.79 Å². The van der Waals surface area contributed by atoms with Crippen LogP contribution in [0.15, 0.2) is 73.2 Å². The van der Waals surface area contributed by atoms with Crippen molar-refractivity contribution in [3.8, 4) is 5.82 Å². The minimum absolute atomic E-state index is 0.0434. The number of nitrogens with zero attached hydrogens (tertiary/aromatic N) is 3. The number of anilines is 1. The fourth-order valence-corrected chi connectivity index (χ4v) is 3.53. The molecule has 3 amide bonds. The van der Waals surface area contributed by atoms with E-state index in [1.165, 1.54) is 0 Å². The lowest BCUT2D eigenvalue weighted by atomic mass is 9.98. The second kappa shape index (κ2) is 8.66. The lowest BCUT2D eigenvalue weighted by Gasteiger charge is -2.19. The van der Waals surface area contributed by atoms with E-state index >= 15 is 0 Å². The van der Waals surface area contributed by atoms with Crippen molar-refractivity contribution < 1.29 is 9.59 Å². The van der Waals surface area contributed by atoms with E-state index in [0.717, 1.165) is 22.2 Å². The Kier molecular flexibility index (Phi) is 5.61. The number of aryl methyl sites for hydroxylation is 1. The molecule has 1 atom stereocenters. The largest absolute Gasteiger partial charge is 0.352 e. The Hall–Kier alpha value is -4.20. The molecular weight excluding hydrogens is 392 g/mol. The number of carbonyl (C=O) groups excluding carboxylic acids is 2. The molecule has 8 nitrogen and oxygen atoms in total. The molecule has 4 N–H and O–H groups in total. The number of fused-ring (bicyclic) bond motifs is 1. The summed E-state index contributed by atoms with van der Waals surface area (Å²) >= 11 is 0. The first kappa shape index (κ1) is 20.1. The molecule has 0 radical (unpaired) electrons. The van der Waals surface area contributed by atoms with Gasteiger partial charge in [0.2, 0.25) is 5.91 Å². The van der Waals surface area contributed by atoms with Crippen LogP contribution >= 0.6 is 0 Å².